The molecular formula is C12H14F2N4. The van der Waals surface area contributed by atoms with Gasteiger partial charge in [0.1, 0.15) is 6.33 Å². The van der Waals surface area contributed by atoms with Crippen LogP contribution in [0, 0.1) is 25.5 Å². The Bertz CT molecular complexity index is 578. The quantitative estimate of drug-likeness (QED) is 0.913. The third-order valence-corrected chi connectivity index (χ3v) is 2.74. The number of rotatable bonds is 3. The maximum Gasteiger partial charge on any atom is 0.176 e. The van der Waals surface area contributed by atoms with Crippen molar-refractivity contribution in [1.29, 1.82) is 0 Å². The van der Waals surface area contributed by atoms with Gasteiger partial charge in [0.05, 0.1) is 5.69 Å². The summed E-state index contributed by atoms with van der Waals surface area (Å²) in [4.78, 5) is 8.04. The van der Waals surface area contributed by atoms with Gasteiger partial charge in [0.2, 0.25) is 0 Å². The molecule has 2 heterocycles. The number of nitrogens with one attached hydrogen (secondary N) is 1. The number of hydrogen-bond acceptors (Lipinski definition) is 3. The summed E-state index contributed by atoms with van der Waals surface area (Å²) in [7, 11) is 0. The third-order valence-electron chi connectivity index (χ3n) is 2.74. The van der Waals surface area contributed by atoms with Gasteiger partial charge in [-0.1, -0.05) is 0 Å². The van der Waals surface area contributed by atoms with Crippen LogP contribution in [0.5, 0.6) is 0 Å². The van der Waals surface area contributed by atoms with E-state index in [1.165, 1.54) is 10.9 Å². The minimum absolute atomic E-state index is 0.0413. The smallest absolute Gasteiger partial charge is 0.176 e. The van der Waals surface area contributed by atoms with E-state index in [0.29, 0.717) is 6.54 Å². The fourth-order valence-electron chi connectivity index (χ4n) is 1.63. The van der Waals surface area contributed by atoms with Gasteiger partial charge in [-0.05, 0) is 20.8 Å². The van der Waals surface area contributed by atoms with E-state index in [0.717, 1.165) is 17.5 Å². The van der Waals surface area contributed by atoms with Crippen molar-refractivity contribution in [3.05, 3.63) is 35.4 Å². The van der Waals surface area contributed by atoms with Crippen LogP contribution in [0.4, 0.5) is 14.6 Å². The summed E-state index contributed by atoms with van der Waals surface area (Å²) in [5.74, 6) is -1.33. The van der Waals surface area contributed by atoms with Crippen LogP contribution in [0.1, 0.15) is 18.3 Å². The highest BCUT2D eigenvalue weighted by molar-refractivity contribution is 5.43. The first-order valence-corrected chi connectivity index (χ1v) is 5.65. The Kier molecular flexibility index (Phi) is 3.27. The molecule has 0 amide bonds. The molecule has 2 aromatic rings. The molecule has 0 aliphatic rings. The van der Waals surface area contributed by atoms with Gasteiger partial charge >= 0.3 is 0 Å². The Balaban J connectivity index is 2.57. The average molecular weight is 252 g/mol. The highest BCUT2D eigenvalue weighted by atomic mass is 19.1. The molecule has 2 aromatic heterocycles. The number of pyridine rings is 1. The van der Waals surface area contributed by atoms with Gasteiger partial charge in [-0.25, -0.2) is 18.7 Å². The predicted molar refractivity (Wildman–Crippen MR) is 64.9 cm³/mol. The fraction of sp³-hybridized carbons (Fsp3) is 0.333. The third kappa shape index (κ3) is 2.05. The molecule has 0 aromatic carbocycles. The molecule has 6 heteroatoms. The lowest BCUT2D eigenvalue weighted by atomic mass is 10.3. The van der Waals surface area contributed by atoms with Gasteiger partial charge in [-0.3, -0.25) is 4.57 Å². The molecule has 0 saturated carbocycles. The first-order chi connectivity index (χ1) is 8.54. The van der Waals surface area contributed by atoms with Crippen LogP contribution in [0.2, 0.25) is 0 Å². The van der Waals surface area contributed by atoms with Crippen LogP contribution in [-0.2, 0) is 0 Å². The molecule has 4 nitrogen and oxygen atoms in total. The first kappa shape index (κ1) is 12.5. The molecule has 96 valence electrons. The molecule has 0 atom stereocenters. The summed E-state index contributed by atoms with van der Waals surface area (Å²) in [6.45, 7) is 5.95. The summed E-state index contributed by atoms with van der Waals surface area (Å²) in [6, 6.07) is 0.828. The Labute approximate surface area is 104 Å². The molecule has 0 saturated heterocycles. The lowest BCUT2D eigenvalue weighted by molar-refractivity contribution is 0.567. The second-order valence-electron chi connectivity index (χ2n) is 3.94. The van der Waals surface area contributed by atoms with Crippen LogP contribution in [0.25, 0.3) is 5.82 Å². The number of halogens is 2. The summed E-state index contributed by atoms with van der Waals surface area (Å²) in [6.07, 6.45) is 1.48. The Hall–Kier alpha value is -1.98. The van der Waals surface area contributed by atoms with Crippen LogP contribution in [-0.4, -0.2) is 21.1 Å². The molecule has 0 aliphatic carbocycles. The van der Waals surface area contributed by atoms with E-state index in [1.807, 2.05) is 13.8 Å². The molecule has 1 N–H and O–H groups in total. The van der Waals surface area contributed by atoms with Crippen LogP contribution < -0.4 is 5.32 Å². The van der Waals surface area contributed by atoms with Crippen molar-refractivity contribution in [2.45, 2.75) is 20.8 Å². The van der Waals surface area contributed by atoms with Gasteiger partial charge in [-0.15, -0.1) is 0 Å². The van der Waals surface area contributed by atoms with E-state index in [9.17, 15) is 8.78 Å². The maximum atomic E-state index is 13.8. The van der Waals surface area contributed by atoms with Crippen molar-refractivity contribution in [2.24, 2.45) is 0 Å². The number of aryl methyl sites for hydroxylation is 1. The molecule has 0 fully saturated rings. The van der Waals surface area contributed by atoms with Crippen molar-refractivity contribution in [1.82, 2.24) is 14.5 Å². The first-order valence-electron chi connectivity index (χ1n) is 5.65. The highest BCUT2D eigenvalue weighted by Crippen LogP contribution is 2.20. The Morgan fingerprint density at radius 3 is 2.56 bits per heavy atom. The van der Waals surface area contributed by atoms with Crippen molar-refractivity contribution in [2.75, 3.05) is 11.9 Å². The number of nitrogens with zero attached hydrogens (tertiary/aromatic N) is 3. The lowest BCUT2D eigenvalue weighted by Gasteiger charge is -2.10. The number of imidazole rings is 1. The lowest BCUT2D eigenvalue weighted by Crippen LogP contribution is -2.09. The molecular weight excluding hydrogens is 238 g/mol. The average Bonchev–Trinajstić information content (AvgIpc) is 2.64. The van der Waals surface area contributed by atoms with E-state index < -0.39 is 11.6 Å². The topological polar surface area (TPSA) is 42.7 Å². The number of aromatic nitrogens is 3. The van der Waals surface area contributed by atoms with Gasteiger partial charge in [0, 0.05) is 18.3 Å². The van der Waals surface area contributed by atoms with Crippen molar-refractivity contribution in [3.8, 4) is 5.82 Å². The van der Waals surface area contributed by atoms with E-state index >= 15 is 0 Å². The zero-order chi connectivity index (χ0) is 13.3. The number of hydrogen-bond donors (Lipinski definition) is 1. The van der Waals surface area contributed by atoms with Crippen molar-refractivity contribution >= 4 is 5.82 Å². The zero-order valence-corrected chi connectivity index (χ0v) is 10.5. The normalized spacial score (nSPS) is 10.7. The second kappa shape index (κ2) is 4.72. The summed E-state index contributed by atoms with van der Waals surface area (Å²) >= 11 is 0. The molecule has 0 unspecified atom stereocenters. The van der Waals surface area contributed by atoms with E-state index in [-0.39, 0.29) is 11.6 Å². The molecule has 18 heavy (non-hydrogen) atoms. The van der Waals surface area contributed by atoms with E-state index in [2.05, 4.69) is 15.3 Å². The molecule has 0 bridgehead atoms. The van der Waals surface area contributed by atoms with Gasteiger partial charge in [0.15, 0.2) is 23.3 Å². The fourth-order valence-corrected chi connectivity index (χ4v) is 1.63. The molecule has 2 rings (SSSR count). The summed E-state index contributed by atoms with van der Waals surface area (Å²) in [5.41, 5.74) is 1.56. The van der Waals surface area contributed by atoms with Crippen molar-refractivity contribution in [3.63, 3.8) is 0 Å². The van der Waals surface area contributed by atoms with E-state index in [4.69, 9.17) is 0 Å². The maximum absolute atomic E-state index is 13.8. The SMILES string of the molecule is CCNc1nc(-n2cnc(C)c2C)c(F)cc1F. The zero-order valence-electron chi connectivity index (χ0n) is 10.5. The Morgan fingerprint density at radius 1 is 1.28 bits per heavy atom. The van der Waals surface area contributed by atoms with Gasteiger partial charge in [0.25, 0.3) is 0 Å². The van der Waals surface area contributed by atoms with Gasteiger partial charge in [-0.2, -0.15) is 0 Å². The molecule has 0 spiro atoms. The predicted octanol–water partition coefficient (Wildman–Crippen LogP) is 2.59. The number of anilines is 1. The van der Waals surface area contributed by atoms with Crippen LogP contribution >= 0.6 is 0 Å². The minimum atomic E-state index is -0.713. The van der Waals surface area contributed by atoms with Crippen LogP contribution in [0.3, 0.4) is 0 Å². The van der Waals surface area contributed by atoms with Gasteiger partial charge < -0.3 is 5.32 Å². The van der Waals surface area contributed by atoms with Crippen LogP contribution in [0.15, 0.2) is 12.4 Å². The van der Waals surface area contributed by atoms with Crippen molar-refractivity contribution < 1.29 is 8.78 Å². The molecule has 0 radical (unpaired) electrons. The van der Waals surface area contributed by atoms with E-state index in [1.54, 1.807) is 6.92 Å². The highest BCUT2D eigenvalue weighted by Gasteiger charge is 2.15. The Morgan fingerprint density at radius 2 is 2.00 bits per heavy atom. The summed E-state index contributed by atoms with van der Waals surface area (Å²) in [5, 5.41) is 2.75. The standard InChI is InChI=1S/C12H14F2N4/c1-4-15-11-9(13)5-10(14)12(17-11)18-6-16-7(2)8(18)3/h5-6H,4H2,1-3H3,(H,15,17). The summed E-state index contributed by atoms with van der Waals surface area (Å²) < 4.78 is 28.7. The molecule has 0 aliphatic heterocycles. The second-order valence-corrected chi connectivity index (χ2v) is 3.94. The monoisotopic (exact) mass is 252 g/mol. The largest absolute Gasteiger partial charge is 0.368 e. The minimum Gasteiger partial charge on any atom is -0.368 e.